The molecule has 0 saturated heterocycles. The van der Waals surface area contributed by atoms with Crippen molar-refractivity contribution in [1.82, 2.24) is 0 Å². The molecular formula is C8H9BrO3S. The minimum atomic E-state index is -3.40. The molecule has 0 heterocycles. The van der Waals surface area contributed by atoms with Gasteiger partial charge in [-0.3, -0.25) is 0 Å². The van der Waals surface area contributed by atoms with E-state index in [1.54, 1.807) is 24.3 Å². The number of halogens is 1. The molecule has 3 nitrogen and oxygen atoms in total. The van der Waals surface area contributed by atoms with E-state index < -0.39 is 10.1 Å². The number of hydrogen-bond acceptors (Lipinski definition) is 3. The number of rotatable bonds is 3. The van der Waals surface area contributed by atoms with Crippen LogP contribution in [-0.2, 0) is 10.1 Å². The lowest BCUT2D eigenvalue weighted by Gasteiger charge is -2.03. The van der Waals surface area contributed by atoms with E-state index in [1.807, 2.05) is 0 Å². The van der Waals surface area contributed by atoms with Crippen LogP contribution in [0.2, 0.25) is 0 Å². The highest BCUT2D eigenvalue weighted by atomic mass is 79.9. The summed E-state index contributed by atoms with van der Waals surface area (Å²) in [6.45, 7) is 1.54. The van der Waals surface area contributed by atoms with Crippen LogP contribution in [0.1, 0.15) is 6.92 Å². The highest BCUT2D eigenvalue weighted by molar-refractivity contribution is 9.10. The van der Waals surface area contributed by atoms with Gasteiger partial charge in [-0.2, -0.15) is 8.42 Å². The molecule has 0 atom stereocenters. The molecule has 0 aliphatic heterocycles. The first-order chi connectivity index (χ1) is 6.03. The van der Waals surface area contributed by atoms with Crippen molar-refractivity contribution in [3.8, 4) is 5.75 Å². The second-order valence-electron chi connectivity index (χ2n) is 2.38. The topological polar surface area (TPSA) is 43.4 Å². The van der Waals surface area contributed by atoms with Gasteiger partial charge in [0.05, 0.1) is 5.75 Å². The quantitative estimate of drug-likeness (QED) is 0.787. The third-order valence-electron chi connectivity index (χ3n) is 1.39. The third kappa shape index (κ3) is 3.36. The molecule has 1 rings (SSSR count). The second-order valence-corrected chi connectivity index (χ2v) is 5.16. The summed E-state index contributed by atoms with van der Waals surface area (Å²) in [5.74, 6) is 0.313. The monoisotopic (exact) mass is 264 g/mol. The third-order valence-corrected chi connectivity index (χ3v) is 3.07. The molecule has 5 heteroatoms. The predicted molar refractivity (Wildman–Crippen MR) is 54.2 cm³/mol. The minimum Gasteiger partial charge on any atom is -0.382 e. The highest BCUT2D eigenvalue weighted by Crippen LogP contribution is 2.17. The van der Waals surface area contributed by atoms with E-state index in [9.17, 15) is 8.42 Å². The lowest BCUT2D eigenvalue weighted by Crippen LogP contribution is -2.11. The van der Waals surface area contributed by atoms with Gasteiger partial charge in [0.15, 0.2) is 0 Å². The summed E-state index contributed by atoms with van der Waals surface area (Å²) in [6, 6.07) is 6.63. The van der Waals surface area contributed by atoms with E-state index in [2.05, 4.69) is 15.9 Å². The Labute approximate surface area is 86.0 Å². The van der Waals surface area contributed by atoms with Gasteiger partial charge in [0, 0.05) is 4.47 Å². The van der Waals surface area contributed by atoms with Gasteiger partial charge in [0.25, 0.3) is 0 Å². The largest absolute Gasteiger partial charge is 0.382 e. The van der Waals surface area contributed by atoms with Gasteiger partial charge in [0.2, 0.25) is 0 Å². The van der Waals surface area contributed by atoms with Crippen molar-refractivity contribution >= 4 is 26.0 Å². The maximum Gasteiger partial charge on any atom is 0.308 e. The van der Waals surface area contributed by atoms with Crippen molar-refractivity contribution in [2.45, 2.75) is 6.92 Å². The summed E-state index contributed by atoms with van der Waals surface area (Å²) < 4.78 is 27.7. The van der Waals surface area contributed by atoms with E-state index >= 15 is 0 Å². The fraction of sp³-hybridized carbons (Fsp3) is 0.250. The van der Waals surface area contributed by atoms with Crippen LogP contribution >= 0.6 is 15.9 Å². The van der Waals surface area contributed by atoms with E-state index in [4.69, 9.17) is 4.18 Å². The fourth-order valence-electron chi connectivity index (χ4n) is 0.696. The Kier molecular flexibility index (Phi) is 3.33. The maximum atomic E-state index is 11.0. The van der Waals surface area contributed by atoms with Crippen LogP contribution < -0.4 is 4.18 Å². The Hall–Kier alpha value is -0.550. The molecular weight excluding hydrogens is 256 g/mol. The fourth-order valence-corrected chi connectivity index (χ4v) is 1.48. The summed E-state index contributed by atoms with van der Waals surface area (Å²) in [5.41, 5.74) is 0. The van der Waals surface area contributed by atoms with Crippen LogP contribution in [0.3, 0.4) is 0 Å². The van der Waals surface area contributed by atoms with Crippen molar-refractivity contribution in [1.29, 1.82) is 0 Å². The zero-order valence-corrected chi connectivity index (χ0v) is 9.43. The summed E-state index contributed by atoms with van der Waals surface area (Å²) in [5, 5.41) is 0. The van der Waals surface area contributed by atoms with E-state index in [0.717, 1.165) is 4.47 Å². The van der Waals surface area contributed by atoms with Crippen molar-refractivity contribution in [2.75, 3.05) is 5.75 Å². The number of hydrogen-bond donors (Lipinski definition) is 0. The van der Waals surface area contributed by atoms with Crippen LogP contribution in [0.25, 0.3) is 0 Å². The Morgan fingerprint density at radius 3 is 2.31 bits per heavy atom. The lowest BCUT2D eigenvalue weighted by molar-refractivity contribution is 0.487. The Bertz CT molecular complexity index is 369. The molecule has 0 unspecified atom stereocenters. The standard InChI is InChI=1S/C8H9BrO3S/c1-2-13(10,11)12-8-5-3-7(9)4-6-8/h3-6H,2H2,1H3. The van der Waals surface area contributed by atoms with Crippen LogP contribution in [0.5, 0.6) is 5.75 Å². The first-order valence-electron chi connectivity index (χ1n) is 3.71. The maximum absolute atomic E-state index is 11.0. The van der Waals surface area contributed by atoms with Crippen LogP contribution in [0, 0.1) is 0 Å². The van der Waals surface area contributed by atoms with Crippen LogP contribution in [0.15, 0.2) is 28.7 Å². The molecule has 0 saturated carbocycles. The summed E-state index contributed by atoms with van der Waals surface area (Å²) in [7, 11) is -3.40. The molecule has 72 valence electrons. The molecule has 0 fully saturated rings. The second kappa shape index (κ2) is 4.11. The van der Waals surface area contributed by atoms with Gasteiger partial charge >= 0.3 is 10.1 Å². The first kappa shape index (κ1) is 10.5. The van der Waals surface area contributed by atoms with Crippen LogP contribution in [-0.4, -0.2) is 14.2 Å². The van der Waals surface area contributed by atoms with Crippen LogP contribution in [0.4, 0.5) is 0 Å². The molecule has 0 spiro atoms. The van der Waals surface area contributed by atoms with Crippen molar-refractivity contribution in [2.24, 2.45) is 0 Å². The van der Waals surface area contributed by atoms with Gasteiger partial charge in [-0.25, -0.2) is 0 Å². The lowest BCUT2D eigenvalue weighted by atomic mass is 10.3. The van der Waals surface area contributed by atoms with Gasteiger partial charge in [-0.15, -0.1) is 0 Å². The summed E-state index contributed by atoms with van der Waals surface area (Å²) in [6.07, 6.45) is 0. The molecule has 0 aliphatic rings. The molecule has 1 aromatic rings. The first-order valence-corrected chi connectivity index (χ1v) is 6.08. The Morgan fingerprint density at radius 2 is 1.85 bits per heavy atom. The zero-order chi connectivity index (χ0) is 9.90. The van der Waals surface area contributed by atoms with Gasteiger partial charge in [-0.05, 0) is 31.2 Å². The van der Waals surface area contributed by atoms with Gasteiger partial charge in [0.1, 0.15) is 5.75 Å². The Morgan fingerprint density at radius 1 is 1.31 bits per heavy atom. The molecule has 13 heavy (non-hydrogen) atoms. The average Bonchev–Trinajstić information content (AvgIpc) is 2.09. The number of benzene rings is 1. The molecule has 0 radical (unpaired) electrons. The summed E-state index contributed by atoms with van der Waals surface area (Å²) in [4.78, 5) is 0. The molecule has 0 aliphatic carbocycles. The van der Waals surface area contributed by atoms with Gasteiger partial charge < -0.3 is 4.18 Å². The van der Waals surface area contributed by atoms with E-state index in [-0.39, 0.29) is 5.75 Å². The van der Waals surface area contributed by atoms with Crippen molar-refractivity contribution in [3.05, 3.63) is 28.7 Å². The molecule has 0 amide bonds. The average molecular weight is 265 g/mol. The van der Waals surface area contributed by atoms with E-state index in [0.29, 0.717) is 5.75 Å². The predicted octanol–water partition coefficient (Wildman–Crippen LogP) is 2.18. The van der Waals surface area contributed by atoms with E-state index in [1.165, 1.54) is 6.92 Å². The SMILES string of the molecule is CCS(=O)(=O)Oc1ccc(Br)cc1. The molecule has 0 aromatic heterocycles. The minimum absolute atomic E-state index is 0.0247. The van der Waals surface area contributed by atoms with Crippen molar-refractivity contribution in [3.63, 3.8) is 0 Å². The Balaban J connectivity index is 2.82. The zero-order valence-electron chi connectivity index (χ0n) is 7.03. The van der Waals surface area contributed by atoms with Gasteiger partial charge in [-0.1, -0.05) is 15.9 Å². The normalized spacial score (nSPS) is 11.2. The molecule has 1 aromatic carbocycles. The van der Waals surface area contributed by atoms with Crippen molar-refractivity contribution < 1.29 is 12.6 Å². The molecule has 0 bridgehead atoms. The summed E-state index contributed by atoms with van der Waals surface area (Å²) >= 11 is 3.24. The smallest absolute Gasteiger partial charge is 0.308 e. The molecule has 0 N–H and O–H groups in total. The highest BCUT2D eigenvalue weighted by Gasteiger charge is 2.08.